The van der Waals surface area contributed by atoms with Gasteiger partial charge in [0.1, 0.15) is 5.60 Å². The highest BCUT2D eigenvalue weighted by Crippen LogP contribution is 2.38. The summed E-state index contributed by atoms with van der Waals surface area (Å²) in [6, 6.07) is 9.91. The van der Waals surface area contributed by atoms with Crippen molar-refractivity contribution in [1.29, 1.82) is 0 Å². The van der Waals surface area contributed by atoms with Crippen molar-refractivity contribution in [2.45, 2.75) is 98.6 Å². The Balaban J connectivity index is 3.23. The molecule has 0 bridgehead atoms. The highest BCUT2D eigenvalue weighted by atomic mass is 16.8. The second-order valence-electron chi connectivity index (χ2n) is 9.55. The summed E-state index contributed by atoms with van der Waals surface area (Å²) in [6.07, 6.45) is 13.9. The number of hydrogen-bond acceptors (Lipinski definition) is 3. The molecular formula is C29H44O3. The molecular weight excluding hydrogens is 396 g/mol. The molecule has 0 atom stereocenters. The van der Waals surface area contributed by atoms with E-state index in [0.29, 0.717) is 12.8 Å². The quantitative estimate of drug-likeness (QED) is 0.244. The molecule has 3 nitrogen and oxygen atoms in total. The Morgan fingerprint density at radius 3 is 1.56 bits per heavy atom. The Bertz CT molecular complexity index is 757. The van der Waals surface area contributed by atoms with Crippen molar-refractivity contribution >= 4 is 0 Å². The molecule has 0 aromatic heterocycles. The normalized spacial score (nSPS) is 14.7. The van der Waals surface area contributed by atoms with Crippen LogP contribution in [-0.4, -0.2) is 16.2 Å². The molecule has 1 aromatic rings. The molecule has 0 unspecified atom stereocenters. The van der Waals surface area contributed by atoms with Gasteiger partial charge in [-0.05, 0) is 85.6 Å². The van der Waals surface area contributed by atoms with E-state index in [4.69, 9.17) is 4.74 Å². The van der Waals surface area contributed by atoms with Crippen molar-refractivity contribution in [2.75, 3.05) is 0 Å². The van der Waals surface area contributed by atoms with Crippen LogP contribution in [0.2, 0.25) is 0 Å². The van der Waals surface area contributed by atoms with Crippen LogP contribution in [-0.2, 0) is 10.3 Å². The van der Waals surface area contributed by atoms with Crippen LogP contribution in [0, 0.1) is 0 Å². The van der Waals surface area contributed by atoms with E-state index in [2.05, 4.69) is 65.8 Å². The highest BCUT2D eigenvalue weighted by Gasteiger charge is 2.37. The third-order valence-electron chi connectivity index (χ3n) is 5.43. The second kappa shape index (κ2) is 13.6. The zero-order chi connectivity index (χ0) is 24.2. The van der Waals surface area contributed by atoms with Gasteiger partial charge in [-0.25, -0.2) is 0 Å². The molecule has 3 heteroatoms. The van der Waals surface area contributed by atoms with Gasteiger partial charge in [-0.2, -0.15) is 0 Å². The first-order valence-electron chi connectivity index (χ1n) is 11.7. The Kier molecular flexibility index (Phi) is 11.9. The van der Waals surface area contributed by atoms with Gasteiger partial charge in [-0.3, -0.25) is 0 Å². The van der Waals surface area contributed by atoms with Gasteiger partial charge in [-0.15, -0.1) is 0 Å². The summed E-state index contributed by atoms with van der Waals surface area (Å²) in [7, 11) is 0. The van der Waals surface area contributed by atoms with Crippen LogP contribution < -0.4 is 0 Å². The Morgan fingerprint density at radius 2 is 1.19 bits per heavy atom. The van der Waals surface area contributed by atoms with Crippen molar-refractivity contribution in [3.8, 4) is 0 Å². The monoisotopic (exact) mass is 440 g/mol. The third-order valence-corrected chi connectivity index (χ3v) is 5.43. The number of aliphatic hydroxyl groups is 2. The van der Waals surface area contributed by atoms with Gasteiger partial charge >= 0.3 is 0 Å². The van der Waals surface area contributed by atoms with E-state index < -0.39 is 11.6 Å². The molecule has 0 aliphatic heterocycles. The van der Waals surface area contributed by atoms with Gasteiger partial charge in [0.2, 0.25) is 0 Å². The van der Waals surface area contributed by atoms with Crippen molar-refractivity contribution < 1.29 is 14.9 Å². The summed E-state index contributed by atoms with van der Waals surface area (Å²) in [4.78, 5) is 0. The van der Waals surface area contributed by atoms with Crippen LogP contribution in [0.4, 0.5) is 0 Å². The first-order chi connectivity index (χ1) is 14.9. The van der Waals surface area contributed by atoms with Gasteiger partial charge in [-0.1, -0.05) is 76.9 Å². The number of ether oxygens (including phenoxy) is 1. The lowest BCUT2D eigenvalue weighted by atomic mass is 9.85. The largest absolute Gasteiger partial charge is 0.344 e. The summed E-state index contributed by atoms with van der Waals surface area (Å²) >= 11 is 0. The van der Waals surface area contributed by atoms with E-state index in [1.807, 2.05) is 30.3 Å². The van der Waals surface area contributed by atoms with E-state index >= 15 is 0 Å². The summed E-state index contributed by atoms with van der Waals surface area (Å²) in [6.45, 7) is 14.0. The summed E-state index contributed by atoms with van der Waals surface area (Å²) < 4.78 is 6.00. The number of rotatable bonds is 13. The molecule has 0 aliphatic rings. The zero-order valence-corrected chi connectivity index (χ0v) is 21.2. The van der Waals surface area contributed by atoms with E-state index in [1.54, 1.807) is 0 Å². The average Bonchev–Trinajstić information content (AvgIpc) is 2.69. The predicted octanol–water partition coefficient (Wildman–Crippen LogP) is 7.72. The predicted molar refractivity (Wildman–Crippen MR) is 136 cm³/mol. The fraction of sp³-hybridized carbons (Fsp3) is 0.517. The molecule has 1 aromatic carbocycles. The van der Waals surface area contributed by atoms with Gasteiger partial charge in [0.15, 0.2) is 0 Å². The summed E-state index contributed by atoms with van der Waals surface area (Å²) in [5.41, 5.74) is 5.27. The molecule has 0 spiro atoms. The van der Waals surface area contributed by atoms with Crippen LogP contribution in [0.15, 0.2) is 76.9 Å². The van der Waals surface area contributed by atoms with Crippen molar-refractivity contribution in [3.63, 3.8) is 0 Å². The molecule has 0 saturated carbocycles. The standard InChI is InChI=1S/C29H44O3/c1-23(2)13-11-15-25(5)19-21-29(32-28(7,30)31,27-17-9-8-10-18-27)22-20-26(6)16-12-14-24(3)4/h8-10,13-14,17-20,30-31H,11-12,15-16,21-22H2,1-7H3. The highest BCUT2D eigenvalue weighted by molar-refractivity contribution is 5.26. The molecule has 2 N–H and O–H groups in total. The molecule has 178 valence electrons. The minimum absolute atomic E-state index is 0.562. The maximum absolute atomic E-state index is 10.2. The smallest absolute Gasteiger partial charge is 0.275 e. The molecule has 32 heavy (non-hydrogen) atoms. The first kappa shape index (κ1) is 28.1. The average molecular weight is 441 g/mol. The zero-order valence-electron chi connectivity index (χ0n) is 21.2. The maximum Gasteiger partial charge on any atom is 0.275 e. The Labute approximate surface area is 196 Å². The number of benzene rings is 1. The maximum atomic E-state index is 10.2. The molecule has 0 aliphatic carbocycles. The van der Waals surface area contributed by atoms with Crippen LogP contribution in [0.5, 0.6) is 0 Å². The van der Waals surface area contributed by atoms with Gasteiger partial charge in [0.05, 0.1) is 0 Å². The molecule has 0 fully saturated rings. The van der Waals surface area contributed by atoms with Crippen LogP contribution in [0.25, 0.3) is 0 Å². The van der Waals surface area contributed by atoms with Crippen molar-refractivity contribution in [2.24, 2.45) is 0 Å². The van der Waals surface area contributed by atoms with Gasteiger partial charge in [0, 0.05) is 6.92 Å². The van der Waals surface area contributed by atoms with Crippen molar-refractivity contribution in [3.05, 3.63) is 82.5 Å². The minimum atomic E-state index is -2.23. The summed E-state index contributed by atoms with van der Waals surface area (Å²) in [5, 5.41) is 20.5. The molecule has 0 amide bonds. The van der Waals surface area contributed by atoms with E-state index in [9.17, 15) is 10.2 Å². The summed E-state index contributed by atoms with van der Waals surface area (Å²) in [5.74, 6) is -2.23. The van der Waals surface area contributed by atoms with Crippen LogP contribution in [0.3, 0.4) is 0 Å². The van der Waals surface area contributed by atoms with E-state index in [-0.39, 0.29) is 0 Å². The first-order valence-corrected chi connectivity index (χ1v) is 11.7. The number of allylic oxidation sites excluding steroid dienone is 6. The van der Waals surface area contributed by atoms with Crippen molar-refractivity contribution in [1.82, 2.24) is 0 Å². The van der Waals surface area contributed by atoms with E-state index in [0.717, 1.165) is 31.2 Å². The van der Waals surface area contributed by atoms with Gasteiger partial charge < -0.3 is 14.9 Å². The lowest BCUT2D eigenvalue weighted by Crippen LogP contribution is -2.40. The Morgan fingerprint density at radius 1 is 0.750 bits per heavy atom. The molecule has 0 heterocycles. The topological polar surface area (TPSA) is 49.7 Å². The molecule has 1 rings (SSSR count). The fourth-order valence-corrected chi connectivity index (χ4v) is 3.63. The molecule has 0 radical (unpaired) electrons. The number of hydrogen-bond donors (Lipinski definition) is 2. The fourth-order valence-electron chi connectivity index (χ4n) is 3.63. The van der Waals surface area contributed by atoms with Crippen LogP contribution in [0.1, 0.15) is 92.6 Å². The lowest BCUT2D eigenvalue weighted by molar-refractivity contribution is -0.368. The van der Waals surface area contributed by atoms with Crippen LogP contribution >= 0.6 is 0 Å². The second-order valence-corrected chi connectivity index (χ2v) is 9.55. The van der Waals surface area contributed by atoms with Gasteiger partial charge in [0.25, 0.3) is 5.97 Å². The third kappa shape index (κ3) is 11.6. The minimum Gasteiger partial charge on any atom is -0.344 e. The lowest BCUT2D eigenvalue weighted by Gasteiger charge is -2.37. The van der Waals surface area contributed by atoms with E-state index in [1.165, 1.54) is 29.2 Å². The SMILES string of the molecule is CC(C)=CCCC(C)=CCC(CC=C(C)CCC=C(C)C)(OC(C)(O)O)c1ccccc1. The molecule has 0 saturated heterocycles. The Hall–Kier alpha value is -1.94.